The summed E-state index contributed by atoms with van der Waals surface area (Å²) in [5.74, 6) is -0.625. The van der Waals surface area contributed by atoms with Crippen molar-refractivity contribution < 1.29 is 19.5 Å². The number of thioether (sulfide) groups is 1. The van der Waals surface area contributed by atoms with E-state index in [0.717, 1.165) is 16.7 Å². The van der Waals surface area contributed by atoms with Crippen LogP contribution < -0.4 is 16.0 Å². The molecule has 3 atom stereocenters. The Morgan fingerprint density at radius 2 is 1.35 bits per heavy atom. The van der Waals surface area contributed by atoms with Gasteiger partial charge in [-0.15, -0.1) is 11.8 Å². The standard InChI is InChI=1S/C31H36N4O4S/c1-31(2)27(28(37)32-19-23-14-8-4-9-15-23)35(21-40-31)29(38)26(36)25(18-22-12-6-3-7-13-22)34-30(39)33-20-24-16-10-5-11-17-24/h3-17,25-27,36H,18-21H2,1-2H3,(H,32,37)(H2,33,34,39)/t25?,26?,27-/m1/s1. The molecule has 4 rings (SSSR count). The lowest BCUT2D eigenvalue weighted by Crippen LogP contribution is -2.59. The van der Waals surface area contributed by atoms with Crippen LogP contribution in [0.3, 0.4) is 0 Å². The number of carbonyl (C=O) groups excluding carboxylic acids is 3. The molecular weight excluding hydrogens is 524 g/mol. The third-order valence-corrected chi connectivity index (χ3v) is 8.31. The molecule has 0 bridgehead atoms. The van der Waals surface area contributed by atoms with Crippen LogP contribution in [0.4, 0.5) is 4.79 Å². The van der Waals surface area contributed by atoms with Crippen LogP contribution in [0.1, 0.15) is 30.5 Å². The Labute approximate surface area is 239 Å². The monoisotopic (exact) mass is 560 g/mol. The number of hydrogen-bond donors (Lipinski definition) is 4. The summed E-state index contributed by atoms with van der Waals surface area (Å²) in [5, 5.41) is 19.9. The fraction of sp³-hybridized carbons (Fsp3) is 0.323. The molecular formula is C31H36N4O4S. The maximum Gasteiger partial charge on any atom is 0.315 e. The molecule has 2 unspecified atom stereocenters. The molecule has 1 heterocycles. The summed E-state index contributed by atoms with van der Waals surface area (Å²) in [6.07, 6.45) is -1.32. The third kappa shape index (κ3) is 7.64. The summed E-state index contributed by atoms with van der Waals surface area (Å²) in [6.45, 7) is 4.47. The topological polar surface area (TPSA) is 111 Å². The number of amides is 4. The van der Waals surface area contributed by atoms with Gasteiger partial charge in [0.15, 0.2) is 6.10 Å². The molecule has 0 spiro atoms. The summed E-state index contributed by atoms with van der Waals surface area (Å²) in [4.78, 5) is 41.3. The first-order valence-electron chi connectivity index (χ1n) is 13.3. The van der Waals surface area contributed by atoms with E-state index < -0.39 is 34.9 Å². The van der Waals surface area contributed by atoms with Gasteiger partial charge < -0.3 is 26.0 Å². The van der Waals surface area contributed by atoms with Gasteiger partial charge in [-0.1, -0.05) is 91.0 Å². The van der Waals surface area contributed by atoms with E-state index >= 15 is 0 Å². The van der Waals surface area contributed by atoms with Crippen LogP contribution in [0.15, 0.2) is 91.0 Å². The Hall–Kier alpha value is -3.82. The highest BCUT2D eigenvalue weighted by Gasteiger charge is 2.49. The summed E-state index contributed by atoms with van der Waals surface area (Å²) >= 11 is 1.48. The second-order valence-electron chi connectivity index (χ2n) is 10.3. The minimum absolute atomic E-state index is 0.238. The fourth-order valence-corrected chi connectivity index (χ4v) is 5.88. The molecule has 4 amide bonds. The normalized spacial score (nSPS) is 17.5. The molecule has 0 saturated carbocycles. The lowest BCUT2D eigenvalue weighted by molar-refractivity contribution is -0.147. The van der Waals surface area contributed by atoms with Crippen molar-refractivity contribution in [2.75, 3.05) is 5.88 Å². The van der Waals surface area contributed by atoms with E-state index in [-0.39, 0.29) is 18.2 Å². The van der Waals surface area contributed by atoms with Crippen molar-refractivity contribution in [3.8, 4) is 0 Å². The largest absolute Gasteiger partial charge is 0.381 e. The van der Waals surface area contributed by atoms with Crippen molar-refractivity contribution in [2.24, 2.45) is 0 Å². The molecule has 1 fully saturated rings. The number of aliphatic hydroxyl groups excluding tert-OH is 1. The number of urea groups is 1. The fourth-order valence-electron chi connectivity index (χ4n) is 4.74. The molecule has 210 valence electrons. The highest BCUT2D eigenvalue weighted by Crippen LogP contribution is 2.39. The van der Waals surface area contributed by atoms with Gasteiger partial charge in [0.25, 0.3) is 5.91 Å². The Morgan fingerprint density at radius 1 is 0.850 bits per heavy atom. The number of aliphatic hydroxyl groups is 1. The Morgan fingerprint density at radius 3 is 1.90 bits per heavy atom. The van der Waals surface area contributed by atoms with Gasteiger partial charge in [-0.3, -0.25) is 9.59 Å². The maximum atomic E-state index is 13.7. The van der Waals surface area contributed by atoms with E-state index in [9.17, 15) is 19.5 Å². The van der Waals surface area contributed by atoms with Crippen LogP contribution in [-0.4, -0.2) is 56.7 Å². The number of hydrogen-bond acceptors (Lipinski definition) is 5. The lowest BCUT2D eigenvalue weighted by atomic mass is 9.97. The van der Waals surface area contributed by atoms with Crippen molar-refractivity contribution in [2.45, 2.75) is 56.3 Å². The zero-order valence-electron chi connectivity index (χ0n) is 22.7. The zero-order valence-corrected chi connectivity index (χ0v) is 23.6. The molecule has 1 aliphatic heterocycles. The van der Waals surface area contributed by atoms with Crippen molar-refractivity contribution >= 4 is 29.6 Å². The van der Waals surface area contributed by atoms with Crippen molar-refractivity contribution in [3.63, 3.8) is 0 Å². The number of nitrogens with zero attached hydrogens (tertiary/aromatic N) is 1. The maximum absolute atomic E-state index is 13.7. The summed E-state index contributed by atoms with van der Waals surface area (Å²) in [7, 11) is 0. The number of rotatable bonds is 10. The van der Waals surface area contributed by atoms with Gasteiger partial charge in [0.2, 0.25) is 5.91 Å². The van der Waals surface area contributed by atoms with E-state index in [2.05, 4.69) is 16.0 Å². The predicted molar refractivity (Wildman–Crippen MR) is 157 cm³/mol. The first-order valence-corrected chi connectivity index (χ1v) is 14.3. The zero-order chi connectivity index (χ0) is 28.5. The molecule has 3 aromatic rings. The van der Waals surface area contributed by atoms with Crippen LogP contribution in [0, 0.1) is 0 Å². The van der Waals surface area contributed by atoms with Crippen molar-refractivity contribution in [3.05, 3.63) is 108 Å². The number of nitrogens with one attached hydrogen (secondary N) is 3. The van der Waals surface area contributed by atoms with Crippen LogP contribution in [0.25, 0.3) is 0 Å². The Kier molecular flexibility index (Phi) is 9.84. The van der Waals surface area contributed by atoms with Crippen molar-refractivity contribution in [1.82, 2.24) is 20.9 Å². The molecule has 1 aliphatic rings. The van der Waals surface area contributed by atoms with Gasteiger partial charge >= 0.3 is 6.03 Å². The SMILES string of the molecule is CC1(C)SCN(C(=O)C(O)C(Cc2ccccc2)NC(=O)NCc2ccccc2)[C@@H]1C(=O)NCc1ccccc1. The smallest absolute Gasteiger partial charge is 0.315 e. The summed E-state index contributed by atoms with van der Waals surface area (Å²) in [5.41, 5.74) is 2.73. The molecule has 8 nitrogen and oxygen atoms in total. The van der Waals surface area contributed by atoms with Gasteiger partial charge in [-0.2, -0.15) is 0 Å². The highest BCUT2D eigenvalue weighted by atomic mass is 32.2. The van der Waals surface area contributed by atoms with E-state index in [1.54, 1.807) is 0 Å². The summed E-state index contributed by atoms with van der Waals surface area (Å²) < 4.78 is -0.564. The lowest BCUT2D eigenvalue weighted by Gasteiger charge is -2.33. The molecule has 9 heteroatoms. The Balaban J connectivity index is 1.47. The number of benzene rings is 3. The van der Waals surface area contributed by atoms with Crippen LogP contribution in [0.5, 0.6) is 0 Å². The Bertz CT molecular complexity index is 1270. The molecule has 0 aliphatic carbocycles. The second-order valence-corrected chi connectivity index (χ2v) is 11.9. The van der Waals surface area contributed by atoms with Gasteiger partial charge in [0.05, 0.1) is 11.9 Å². The molecule has 0 aromatic heterocycles. The average Bonchev–Trinajstić information content (AvgIpc) is 3.30. The van der Waals surface area contributed by atoms with Crippen LogP contribution >= 0.6 is 11.8 Å². The second kappa shape index (κ2) is 13.5. The van der Waals surface area contributed by atoms with Gasteiger partial charge in [0.1, 0.15) is 6.04 Å². The van der Waals surface area contributed by atoms with E-state index in [1.807, 2.05) is 105 Å². The third-order valence-electron chi connectivity index (χ3n) is 6.93. The molecule has 3 aromatic carbocycles. The minimum Gasteiger partial charge on any atom is -0.381 e. The van der Waals surface area contributed by atoms with E-state index in [4.69, 9.17) is 0 Å². The first kappa shape index (κ1) is 29.2. The minimum atomic E-state index is -1.55. The van der Waals surface area contributed by atoms with Gasteiger partial charge in [-0.05, 0) is 37.0 Å². The van der Waals surface area contributed by atoms with Crippen LogP contribution in [-0.2, 0) is 29.1 Å². The molecule has 40 heavy (non-hydrogen) atoms. The first-order chi connectivity index (χ1) is 19.2. The average molecular weight is 561 g/mol. The highest BCUT2D eigenvalue weighted by molar-refractivity contribution is 8.00. The predicted octanol–water partition coefficient (Wildman–Crippen LogP) is 3.45. The number of carbonyl (C=O) groups is 3. The molecule has 4 N–H and O–H groups in total. The van der Waals surface area contributed by atoms with E-state index in [1.165, 1.54) is 16.7 Å². The van der Waals surface area contributed by atoms with Crippen molar-refractivity contribution in [1.29, 1.82) is 0 Å². The molecule has 0 radical (unpaired) electrons. The van der Waals surface area contributed by atoms with Gasteiger partial charge in [-0.25, -0.2) is 4.79 Å². The van der Waals surface area contributed by atoms with Gasteiger partial charge in [0, 0.05) is 17.8 Å². The van der Waals surface area contributed by atoms with Crippen LogP contribution in [0.2, 0.25) is 0 Å². The summed E-state index contributed by atoms with van der Waals surface area (Å²) in [6, 6.07) is 26.2. The molecule has 1 saturated heterocycles. The van der Waals surface area contributed by atoms with E-state index in [0.29, 0.717) is 13.1 Å². The quantitative estimate of drug-likeness (QED) is 0.304.